The highest BCUT2D eigenvalue weighted by Gasteiger charge is 2.12. The molecule has 0 fully saturated rings. The molecule has 0 unspecified atom stereocenters. The van der Waals surface area contributed by atoms with E-state index in [2.05, 4.69) is 20.3 Å². The van der Waals surface area contributed by atoms with Crippen LogP contribution in [0, 0.1) is 0 Å². The van der Waals surface area contributed by atoms with Gasteiger partial charge in [-0.2, -0.15) is 0 Å². The van der Waals surface area contributed by atoms with Gasteiger partial charge in [-0.15, -0.1) is 0 Å². The van der Waals surface area contributed by atoms with Crippen molar-refractivity contribution in [3.05, 3.63) is 60.7 Å². The minimum absolute atomic E-state index is 0.636. The number of pyridine rings is 1. The van der Waals surface area contributed by atoms with E-state index in [9.17, 15) is 0 Å². The van der Waals surface area contributed by atoms with Crippen LogP contribution in [0.5, 0.6) is 0 Å². The summed E-state index contributed by atoms with van der Waals surface area (Å²) in [7, 11) is 0. The van der Waals surface area contributed by atoms with Crippen molar-refractivity contribution in [2.45, 2.75) is 6.54 Å². The summed E-state index contributed by atoms with van der Waals surface area (Å²) in [5.41, 5.74) is 3.41. The summed E-state index contributed by atoms with van der Waals surface area (Å²) in [5, 5.41) is 4.28. The molecule has 5 heteroatoms. The van der Waals surface area contributed by atoms with Crippen LogP contribution in [0.3, 0.4) is 0 Å². The average molecular weight is 276 g/mol. The fourth-order valence-electron chi connectivity index (χ4n) is 2.34. The van der Waals surface area contributed by atoms with Gasteiger partial charge in [-0.3, -0.25) is 4.98 Å². The predicted molar refractivity (Wildman–Crippen MR) is 80.9 cm³/mol. The number of para-hydroxylation sites is 1. The molecule has 1 aromatic carbocycles. The highest BCUT2D eigenvalue weighted by Crippen LogP contribution is 2.30. The van der Waals surface area contributed by atoms with E-state index in [1.807, 2.05) is 42.6 Å². The van der Waals surface area contributed by atoms with E-state index in [0.717, 1.165) is 22.0 Å². The molecule has 0 saturated heterocycles. The number of rotatable bonds is 3. The monoisotopic (exact) mass is 276 g/mol. The summed E-state index contributed by atoms with van der Waals surface area (Å²) in [4.78, 5) is 12.7. The molecule has 1 N–H and O–H groups in total. The Balaban J connectivity index is 1.75. The SMILES string of the molecule is c1cncc(CNc2ncnc3c2oc2ccccc23)c1. The van der Waals surface area contributed by atoms with Crippen molar-refractivity contribution in [3.8, 4) is 0 Å². The molecule has 0 aliphatic rings. The molecule has 0 atom stereocenters. The Labute approximate surface area is 120 Å². The number of hydrogen-bond acceptors (Lipinski definition) is 5. The van der Waals surface area contributed by atoms with Crippen LogP contribution in [-0.4, -0.2) is 15.0 Å². The lowest BCUT2D eigenvalue weighted by molar-refractivity contribution is 0.666. The molecule has 4 aromatic rings. The first-order valence-corrected chi connectivity index (χ1v) is 6.67. The molecule has 3 aromatic heterocycles. The fraction of sp³-hybridized carbons (Fsp3) is 0.0625. The molecular weight excluding hydrogens is 264 g/mol. The lowest BCUT2D eigenvalue weighted by Crippen LogP contribution is -2.02. The number of furan rings is 1. The summed E-state index contributed by atoms with van der Waals surface area (Å²) < 4.78 is 5.87. The van der Waals surface area contributed by atoms with Crippen LogP contribution >= 0.6 is 0 Å². The van der Waals surface area contributed by atoms with Crippen molar-refractivity contribution in [2.75, 3.05) is 5.32 Å². The number of aromatic nitrogens is 3. The second kappa shape index (κ2) is 4.86. The van der Waals surface area contributed by atoms with Crippen LogP contribution in [-0.2, 0) is 6.54 Å². The van der Waals surface area contributed by atoms with Crippen molar-refractivity contribution >= 4 is 27.9 Å². The van der Waals surface area contributed by atoms with E-state index in [1.54, 1.807) is 12.5 Å². The highest BCUT2D eigenvalue weighted by molar-refractivity contribution is 6.05. The fourth-order valence-corrected chi connectivity index (χ4v) is 2.34. The molecule has 0 aliphatic carbocycles. The third-order valence-electron chi connectivity index (χ3n) is 3.34. The van der Waals surface area contributed by atoms with Gasteiger partial charge >= 0.3 is 0 Å². The number of fused-ring (bicyclic) bond motifs is 3. The van der Waals surface area contributed by atoms with Gasteiger partial charge < -0.3 is 9.73 Å². The molecule has 102 valence electrons. The summed E-state index contributed by atoms with van der Waals surface area (Å²) in [6, 6.07) is 11.8. The second-order valence-electron chi connectivity index (χ2n) is 4.71. The quantitative estimate of drug-likeness (QED) is 0.621. The molecule has 0 radical (unpaired) electrons. The van der Waals surface area contributed by atoms with Crippen LogP contribution < -0.4 is 5.32 Å². The third-order valence-corrected chi connectivity index (χ3v) is 3.34. The molecule has 3 heterocycles. The number of benzene rings is 1. The van der Waals surface area contributed by atoms with Gasteiger partial charge in [0.25, 0.3) is 0 Å². The first kappa shape index (κ1) is 11.8. The lowest BCUT2D eigenvalue weighted by atomic mass is 10.2. The number of nitrogens with zero attached hydrogens (tertiary/aromatic N) is 3. The summed E-state index contributed by atoms with van der Waals surface area (Å²) in [6.45, 7) is 0.636. The zero-order valence-electron chi connectivity index (χ0n) is 11.2. The topological polar surface area (TPSA) is 63.8 Å². The Bertz CT molecular complexity index is 902. The number of hydrogen-bond donors (Lipinski definition) is 1. The summed E-state index contributed by atoms with van der Waals surface area (Å²) in [6.07, 6.45) is 5.13. The predicted octanol–water partition coefficient (Wildman–Crippen LogP) is 3.38. The van der Waals surface area contributed by atoms with E-state index >= 15 is 0 Å². The summed E-state index contributed by atoms with van der Waals surface area (Å²) >= 11 is 0. The van der Waals surface area contributed by atoms with Crippen molar-refractivity contribution < 1.29 is 4.42 Å². The molecule has 5 nitrogen and oxygen atoms in total. The first-order chi connectivity index (χ1) is 10.4. The van der Waals surface area contributed by atoms with Gasteiger partial charge in [0.15, 0.2) is 11.4 Å². The van der Waals surface area contributed by atoms with Crippen LogP contribution in [0.2, 0.25) is 0 Å². The minimum Gasteiger partial charge on any atom is -0.450 e. The Morgan fingerprint density at radius 2 is 2.00 bits per heavy atom. The maximum absolute atomic E-state index is 5.87. The van der Waals surface area contributed by atoms with Crippen LogP contribution in [0.1, 0.15) is 5.56 Å². The maximum atomic E-state index is 5.87. The Hall–Kier alpha value is -2.95. The van der Waals surface area contributed by atoms with Gasteiger partial charge in [0.2, 0.25) is 0 Å². The molecule has 0 amide bonds. The van der Waals surface area contributed by atoms with Gasteiger partial charge in [-0.05, 0) is 23.8 Å². The molecule has 0 bridgehead atoms. The largest absolute Gasteiger partial charge is 0.450 e. The normalized spacial score (nSPS) is 11.0. The van der Waals surface area contributed by atoms with Crippen LogP contribution in [0.25, 0.3) is 22.1 Å². The highest BCUT2D eigenvalue weighted by atomic mass is 16.3. The molecule has 0 aliphatic heterocycles. The second-order valence-corrected chi connectivity index (χ2v) is 4.71. The van der Waals surface area contributed by atoms with Gasteiger partial charge in [-0.1, -0.05) is 18.2 Å². The Morgan fingerprint density at radius 1 is 1.05 bits per heavy atom. The van der Waals surface area contributed by atoms with Gasteiger partial charge in [0.1, 0.15) is 17.4 Å². The maximum Gasteiger partial charge on any atom is 0.196 e. The molecule has 21 heavy (non-hydrogen) atoms. The first-order valence-electron chi connectivity index (χ1n) is 6.67. The molecule has 0 spiro atoms. The van der Waals surface area contributed by atoms with Crippen molar-refractivity contribution in [3.63, 3.8) is 0 Å². The summed E-state index contributed by atoms with van der Waals surface area (Å²) in [5.74, 6) is 0.694. The van der Waals surface area contributed by atoms with E-state index < -0.39 is 0 Å². The van der Waals surface area contributed by atoms with Crippen molar-refractivity contribution in [1.29, 1.82) is 0 Å². The number of nitrogens with one attached hydrogen (secondary N) is 1. The molecule has 4 rings (SSSR count). The van der Waals surface area contributed by atoms with E-state index in [-0.39, 0.29) is 0 Å². The molecule has 0 saturated carbocycles. The van der Waals surface area contributed by atoms with Crippen molar-refractivity contribution in [1.82, 2.24) is 15.0 Å². The van der Waals surface area contributed by atoms with E-state index in [1.165, 1.54) is 0 Å². The smallest absolute Gasteiger partial charge is 0.196 e. The van der Waals surface area contributed by atoms with Crippen LogP contribution in [0.4, 0.5) is 5.82 Å². The number of anilines is 1. The van der Waals surface area contributed by atoms with Crippen molar-refractivity contribution in [2.24, 2.45) is 0 Å². The minimum atomic E-state index is 0.636. The van der Waals surface area contributed by atoms with Gasteiger partial charge in [0, 0.05) is 24.3 Å². The zero-order valence-corrected chi connectivity index (χ0v) is 11.2. The Kier molecular flexibility index (Phi) is 2.74. The lowest BCUT2D eigenvalue weighted by Gasteiger charge is -2.04. The average Bonchev–Trinajstić information content (AvgIpc) is 2.93. The zero-order chi connectivity index (χ0) is 14.1. The van der Waals surface area contributed by atoms with E-state index in [0.29, 0.717) is 17.9 Å². The van der Waals surface area contributed by atoms with Crippen LogP contribution in [0.15, 0.2) is 59.5 Å². The van der Waals surface area contributed by atoms with Gasteiger partial charge in [-0.25, -0.2) is 9.97 Å². The Morgan fingerprint density at radius 3 is 2.90 bits per heavy atom. The molecular formula is C16H12N4O. The van der Waals surface area contributed by atoms with Gasteiger partial charge in [0.05, 0.1) is 0 Å². The van der Waals surface area contributed by atoms with E-state index in [4.69, 9.17) is 4.42 Å². The third kappa shape index (κ3) is 2.08. The standard InChI is InChI=1S/C16H12N4O/c1-2-6-13-12(5-1)14-15(21-13)16(20-10-19-14)18-9-11-4-3-7-17-8-11/h1-8,10H,9H2,(H,18,19,20).